The highest BCUT2D eigenvalue weighted by molar-refractivity contribution is 7.93. The van der Waals surface area contributed by atoms with Crippen LogP contribution in [0.5, 0.6) is 0 Å². The number of esters is 1. The molecule has 0 amide bonds. The van der Waals surface area contributed by atoms with Crippen molar-refractivity contribution in [2.24, 2.45) is 5.14 Å². The molecule has 0 saturated carbocycles. The van der Waals surface area contributed by atoms with Gasteiger partial charge in [0.25, 0.3) is 0 Å². The maximum atomic E-state index is 11.7. The number of carbonyl (C=O) groups is 1. The van der Waals surface area contributed by atoms with Crippen LogP contribution in [0.3, 0.4) is 0 Å². The predicted octanol–water partition coefficient (Wildman–Crippen LogP) is 0.556. The molecule has 0 aliphatic heterocycles. The number of methoxy groups -OCH3 is 1. The van der Waals surface area contributed by atoms with Gasteiger partial charge in [-0.2, -0.15) is 0 Å². The number of sulfonamides is 2. The topological polar surface area (TPSA) is 133 Å². The molecule has 0 aromatic heterocycles. The Morgan fingerprint density at radius 1 is 1.24 bits per heavy atom. The van der Waals surface area contributed by atoms with E-state index in [1.165, 1.54) is 0 Å². The smallest absolute Gasteiger partial charge is 0.322 e. The van der Waals surface area contributed by atoms with E-state index in [0.717, 1.165) is 19.2 Å². The van der Waals surface area contributed by atoms with Crippen LogP contribution in [-0.2, 0) is 29.6 Å². The van der Waals surface area contributed by atoms with Gasteiger partial charge in [-0.3, -0.25) is 9.52 Å². The molecule has 0 aliphatic rings. The Hall–Kier alpha value is -1.07. The zero-order valence-corrected chi connectivity index (χ0v) is 13.6. The van der Waals surface area contributed by atoms with Gasteiger partial charge in [-0.25, -0.2) is 22.0 Å². The van der Waals surface area contributed by atoms with Gasteiger partial charge in [-0.15, -0.1) is 0 Å². The van der Waals surface area contributed by atoms with E-state index < -0.39 is 31.8 Å². The number of nitrogens with one attached hydrogen (secondary N) is 1. The van der Waals surface area contributed by atoms with E-state index in [-0.39, 0.29) is 20.6 Å². The number of primary sulfonamides is 1. The lowest BCUT2D eigenvalue weighted by molar-refractivity contribution is -0.137. The number of rotatable bonds is 5. The minimum absolute atomic E-state index is 0.269. The Bertz CT molecular complexity index is 752. The van der Waals surface area contributed by atoms with Crippen molar-refractivity contribution in [2.45, 2.75) is 4.90 Å². The van der Waals surface area contributed by atoms with Gasteiger partial charge in [-0.05, 0) is 12.1 Å². The molecule has 0 bridgehead atoms. The van der Waals surface area contributed by atoms with Crippen molar-refractivity contribution in [1.82, 2.24) is 0 Å². The molecule has 1 aromatic rings. The van der Waals surface area contributed by atoms with E-state index in [1.807, 2.05) is 4.72 Å². The van der Waals surface area contributed by atoms with Crippen LogP contribution >= 0.6 is 23.2 Å². The number of benzene rings is 1. The van der Waals surface area contributed by atoms with Crippen LogP contribution in [0.15, 0.2) is 17.0 Å². The fourth-order valence-corrected chi connectivity index (χ4v) is 3.64. The van der Waals surface area contributed by atoms with Crippen molar-refractivity contribution in [1.29, 1.82) is 0 Å². The zero-order valence-electron chi connectivity index (χ0n) is 10.5. The highest BCUT2D eigenvalue weighted by Gasteiger charge is 2.21. The second-order valence-corrected chi connectivity index (χ2v) is 7.84. The third kappa shape index (κ3) is 5.00. The van der Waals surface area contributed by atoms with Gasteiger partial charge in [0.15, 0.2) is 5.75 Å². The first-order valence-corrected chi connectivity index (χ1v) is 9.01. The average Bonchev–Trinajstić information content (AvgIpc) is 2.31. The maximum absolute atomic E-state index is 11.7. The van der Waals surface area contributed by atoms with Crippen LogP contribution in [0.1, 0.15) is 0 Å². The second kappa shape index (κ2) is 6.36. The highest BCUT2D eigenvalue weighted by atomic mass is 35.5. The first kappa shape index (κ1) is 18.0. The van der Waals surface area contributed by atoms with Crippen LogP contribution in [0.2, 0.25) is 10.0 Å². The molecule has 21 heavy (non-hydrogen) atoms. The molecule has 0 radical (unpaired) electrons. The lowest BCUT2D eigenvalue weighted by Gasteiger charge is -2.11. The van der Waals surface area contributed by atoms with Crippen LogP contribution in [0, 0.1) is 0 Å². The first-order valence-electron chi connectivity index (χ1n) is 5.05. The van der Waals surface area contributed by atoms with E-state index >= 15 is 0 Å². The summed E-state index contributed by atoms with van der Waals surface area (Å²) in [4.78, 5) is 10.6. The fraction of sp³-hybridized carbons (Fsp3) is 0.222. The zero-order chi connectivity index (χ0) is 16.4. The van der Waals surface area contributed by atoms with Crippen molar-refractivity contribution < 1.29 is 26.4 Å². The quantitative estimate of drug-likeness (QED) is 0.721. The molecular formula is C9H10Cl2N2O6S2. The monoisotopic (exact) mass is 376 g/mol. The van der Waals surface area contributed by atoms with Gasteiger partial charge in [0.1, 0.15) is 0 Å². The van der Waals surface area contributed by atoms with Crippen molar-refractivity contribution in [3.05, 3.63) is 22.2 Å². The molecule has 0 fully saturated rings. The van der Waals surface area contributed by atoms with Crippen LogP contribution in [-0.4, -0.2) is 35.7 Å². The van der Waals surface area contributed by atoms with Crippen molar-refractivity contribution in [2.75, 3.05) is 17.6 Å². The largest absolute Gasteiger partial charge is 0.468 e. The van der Waals surface area contributed by atoms with E-state index in [0.29, 0.717) is 0 Å². The van der Waals surface area contributed by atoms with Gasteiger partial charge in [0, 0.05) is 0 Å². The number of ether oxygens (including phenoxy) is 1. The fourth-order valence-electron chi connectivity index (χ4n) is 1.22. The number of carbonyl (C=O) groups excluding carboxylic acids is 1. The van der Waals surface area contributed by atoms with E-state index in [9.17, 15) is 21.6 Å². The highest BCUT2D eigenvalue weighted by Crippen LogP contribution is 2.33. The molecule has 8 nitrogen and oxygen atoms in total. The van der Waals surface area contributed by atoms with Gasteiger partial charge >= 0.3 is 5.97 Å². The minimum atomic E-state index is -4.11. The van der Waals surface area contributed by atoms with Crippen molar-refractivity contribution in [3.8, 4) is 0 Å². The van der Waals surface area contributed by atoms with Gasteiger partial charge < -0.3 is 4.74 Å². The van der Waals surface area contributed by atoms with Crippen molar-refractivity contribution in [3.63, 3.8) is 0 Å². The summed E-state index contributed by atoms with van der Waals surface area (Å²) in [6.07, 6.45) is 0. The summed E-state index contributed by atoms with van der Waals surface area (Å²) in [6, 6.07) is 1.86. The number of anilines is 1. The number of hydrogen-bond acceptors (Lipinski definition) is 6. The third-order valence-corrected chi connectivity index (χ3v) is 4.76. The van der Waals surface area contributed by atoms with E-state index in [4.69, 9.17) is 28.3 Å². The van der Waals surface area contributed by atoms with Crippen LogP contribution in [0.25, 0.3) is 0 Å². The molecule has 12 heteroatoms. The molecule has 3 N–H and O–H groups in total. The molecular weight excluding hydrogens is 367 g/mol. The maximum Gasteiger partial charge on any atom is 0.322 e. The number of nitrogens with two attached hydrogens (primary N) is 1. The standard InChI is InChI=1S/C9H10Cl2N2O6S2/c1-19-8(14)4-20(15,16)13-9-6(10)2-5(3-7(9)11)21(12,17)18/h2-3,13H,4H2,1H3,(H2,12,17,18). The van der Waals surface area contributed by atoms with Gasteiger partial charge in [0.2, 0.25) is 20.0 Å². The molecule has 1 aromatic carbocycles. The van der Waals surface area contributed by atoms with Crippen molar-refractivity contribution >= 4 is 54.9 Å². The lowest BCUT2D eigenvalue weighted by atomic mass is 10.3. The second-order valence-electron chi connectivity index (χ2n) is 3.74. The Morgan fingerprint density at radius 3 is 2.10 bits per heavy atom. The molecule has 0 saturated heterocycles. The Morgan fingerprint density at radius 2 is 1.71 bits per heavy atom. The predicted molar refractivity (Wildman–Crippen MR) is 77.3 cm³/mol. The summed E-state index contributed by atoms with van der Waals surface area (Å²) in [7, 11) is -7.14. The summed E-state index contributed by atoms with van der Waals surface area (Å²) in [6.45, 7) is 0. The Labute approximate surface area is 131 Å². The summed E-state index contributed by atoms with van der Waals surface area (Å²) in [5.41, 5.74) is -0.269. The molecule has 0 unspecified atom stereocenters. The third-order valence-electron chi connectivity index (χ3n) is 2.14. The summed E-state index contributed by atoms with van der Waals surface area (Å²) in [5.74, 6) is -1.94. The molecule has 0 aliphatic carbocycles. The van der Waals surface area contributed by atoms with Crippen LogP contribution < -0.4 is 9.86 Å². The Balaban J connectivity index is 3.20. The summed E-state index contributed by atoms with van der Waals surface area (Å²) >= 11 is 11.5. The Kier molecular flexibility index (Phi) is 5.45. The summed E-state index contributed by atoms with van der Waals surface area (Å²) < 4.78 is 51.9. The van der Waals surface area contributed by atoms with E-state index in [2.05, 4.69) is 4.74 Å². The lowest BCUT2D eigenvalue weighted by Crippen LogP contribution is -2.24. The molecule has 0 spiro atoms. The SMILES string of the molecule is COC(=O)CS(=O)(=O)Nc1c(Cl)cc(S(N)(=O)=O)cc1Cl. The average molecular weight is 377 g/mol. The van der Waals surface area contributed by atoms with E-state index in [1.54, 1.807) is 0 Å². The minimum Gasteiger partial charge on any atom is -0.468 e. The molecule has 0 heterocycles. The first-order chi connectivity index (χ1) is 9.46. The number of halogens is 2. The molecule has 1 rings (SSSR count). The van der Waals surface area contributed by atoms with Crippen LogP contribution in [0.4, 0.5) is 5.69 Å². The molecule has 118 valence electrons. The normalized spacial score (nSPS) is 12.0. The summed E-state index contributed by atoms with van der Waals surface area (Å²) in [5, 5.41) is 4.33. The van der Waals surface area contributed by atoms with Gasteiger partial charge in [-0.1, -0.05) is 23.2 Å². The molecule has 0 atom stereocenters. The number of hydrogen-bond donors (Lipinski definition) is 2. The van der Waals surface area contributed by atoms with Gasteiger partial charge in [0.05, 0.1) is 27.7 Å².